The van der Waals surface area contributed by atoms with Crippen LogP contribution in [0.4, 0.5) is 0 Å². The van der Waals surface area contributed by atoms with E-state index in [1.165, 1.54) is 18.2 Å². The molecule has 0 radical (unpaired) electrons. The van der Waals surface area contributed by atoms with Crippen LogP contribution in [0.25, 0.3) is 0 Å². The predicted octanol–water partition coefficient (Wildman–Crippen LogP) is 1.41. The normalized spacial score (nSPS) is 11.9. The molecule has 0 spiro atoms. The van der Waals surface area contributed by atoms with Gasteiger partial charge in [-0.25, -0.2) is 4.79 Å². The van der Waals surface area contributed by atoms with Gasteiger partial charge in [-0.3, -0.25) is 9.00 Å². The second-order valence-corrected chi connectivity index (χ2v) is 6.44. The molecule has 0 aliphatic rings. The van der Waals surface area contributed by atoms with E-state index in [-0.39, 0.29) is 17.2 Å². The maximum absolute atomic E-state index is 12.0. The SMILES string of the molecule is COCCCNC(=O)CS(=O)c1ccc(Br)c(C(=O)O)c1. The minimum atomic E-state index is -1.58. The molecule has 116 valence electrons. The maximum Gasteiger partial charge on any atom is 0.336 e. The first-order chi connectivity index (χ1) is 9.95. The van der Waals surface area contributed by atoms with Gasteiger partial charge in [0.1, 0.15) is 5.75 Å². The third-order valence-corrected chi connectivity index (χ3v) is 4.54. The number of carbonyl (C=O) groups excluding carboxylic acids is 1. The number of hydrogen-bond acceptors (Lipinski definition) is 4. The van der Waals surface area contributed by atoms with Crippen LogP contribution in [0.2, 0.25) is 0 Å². The average molecular weight is 378 g/mol. The van der Waals surface area contributed by atoms with Crippen molar-refractivity contribution < 1.29 is 23.6 Å². The molecule has 1 atom stereocenters. The number of rotatable bonds is 8. The number of benzene rings is 1. The summed E-state index contributed by atoms with van der Waals surface area (Å²) >= 11 is 3.11. The second-order valence-electron chi connectivity index (χ2n) is 4.13. The summed E-state index contributed by atoms with van der Waals surface area (Å²) in [4.78, 5) is 22.9. The summed E-state index contributed by atoms with van der Waals surface area (Å²) in [5.74, 6) is -1.66. The van der Waals surface area contributed by atoms with Crippen molar-refractivity contribution in [3.63, 3.8) is 0 Å². The number of hydrogen-bond donors (Lipinski definition) is 2. The van der Waals surface area contributed by atoms with Gasteiger partial charge in [0.25, 0.3) is 0 Å². The Morgan fingerprint density at radius 3 is 2.76 bits per heavy atom. The molecule has 1 rings (SSSR count). The number of ether oxygens (including phenoxy) is 1. The average Bonchev–Trinajstić information content (AvgIpc) is 2.43. The fourth-order valence-electron chi connectivity index (χ4n) is 1.51. The zero-order valence-corrected chi connectivity index (χ0v) is 13.8. The topological polar surface area (TPSA) is 92.7 Å². The van der Waals surface area contributed by atoms with Crippen LogP contribution in [0.15, 0.2) is 27.6 Å². The van der Waals surface area contributed by atoms with Gasteiger partial charge < -0.3 is 15.2 Å². The van der Waals surface area contributed by atoms with Gasteiger partial charge in [-0.2, -0.15) is 0 Å². The lowest BCUT2D eigenvalue weighted by Crippen LogP contribution is -2.29. The molecule has 1 amide bonds. The summed E-state index contributed by atoms with van der Waals surface area (Å²) < 4.78 is 17.3. The Kier molecular flexibility index (Phi) is 7.55. The van der Waals surface area contributed by atoms with Crippen molar-refractivity contribution in [3.05, 3.63) is 28.2 Å². The highest BCUT2D eigenvalue weighted by Crippen LogP contribution is 2.20. The summed E-state index contributed by atoms with van der Waals surface area (Å²) in [6.45, 7) is 0.989. The van der Waals surface area contributed by atoms with Crippen LogP contribution in [0.5, 0.6) is 0 Å². The number of carboxylic acids is 1. The first-order valence-corrected chi connectivity index (χ1v) is 8.23. The number of nitrogens with one attached hydrogen (secondary N) is 1. The van der Waals surface area contributed by atoms with Crippen molar-refractivity contribution in [2.75, 3.05) is 26.0 Å². The van der Waals surface area contributed by atoms with Crippen molar-refractivity contribution in [2.24, 2.45) is 0 Å². The second kappa shape index (κ2) is 8.91. The Labute approximate surface area is 133 Å². The van der Waals surface area contributed by atoms with E-state index >= 15 is 0 Å². The molecule has 0 saturated heterocycles. The number of amides is 1. The molecule has 0 aliphatic carbocycles. The largest absolute Gasteiger partial charge is 0.478 e. The Bertz CT molecular complexity index is 549. The number of carboxylic acid groups (broad SMARTS) is 1. The van der Waals surface area contributed by atoms with Crippen LogP contribution in [0, 0.1) is 0 Å². The van der Waals surface area contributed by atoms with Crippen LogP contribution in [-0.4, -0.2) is 47.2 Å². The van der Waals surface area contributed by atoms with Gasteiger partial charge in [0.2, 0.25) is 5.91 Å². The molecular formula is C13H16BrNO5S. The minimum absolute atomic E-state index is 0.0151. The zero-order valence-electron chi connectivity index (χ0n) is 11.4. The van der Waals surface area contributed by atoms with Crippen molar-refractivity contribution in [1.29, 1.82) is 0 Å². The summed E-state index contributed by atoms with van der Waals surface area (Å²) in [5, 5.41) is 11.6. The Balaban J connectivity index is 2.61. The van der Waals surface area contributed by atoms with Gasteiger partial charge in [-0.1, -0.05) is 0 Å². The molecule has 0 fully saturated rings. The van der Waals surface area contributed by atoms with E-state index in [0.29, 0.717) is 28.9 Å². The number of carbonyl (C=O) groups is 2. The van der Waals surface area contributed by atoms with Gasteiger partial charge in [0, 0.05) is 29.6 Å². The number of methoxy groups -OCH3 is 1. The molecule has 0 heterocycles. The third-order valence-electron chi connectivity index (χ3n) is 2.54. The molecule has 1 aromatic carbocycles. The first-order valence-electron chi connectivity index (χ1n) is 6.12. The van der Waals surface area contributed by atoms with Crippen LogP contribution < -0.4 is 5.32 Å². The summed E-state index contributed by atoms with van der Waals surface area (Å²) in [5.41, 5.74) is 0.0151. The molecule has 1 unspecified atom stereocenters. The van der Waals surface area contributed by atoms with Crippen molar-refractivity contribution >= 4 is 38.6 Å². The fourth-order valence-corrected chi connectivity index (χ4v) is 2.90. The van der Waals surface area contributed by atoms with Gasteiger partial charge in [-0.05, 0) is 40.5 Å². The Morgan fingerprint density at radius 2 is 2.14 bits per heavy atom. The standard InChI is InChI=1S/C13H16BrNO5S/c1-20-6-2-5-15-12(16)8-21(19)9-3-4-11(14)10(7-9)13(17)18/h3-4,7H,2,5-6,8H2,1H3,(H,15,16)(H,17,18). The summed E-state index contributed by atoms with van der Waals surface area (Å²) in [6.07, 6.45) is 0.677. The van der Waals surface area contributed by atoms with E-state index in [2.05, 4.69) is 21.2 Å². The van der Waals surface area contributed by atoms with Crippen LogP contribution in [0.1, 0.15) is 16.8 Å². The molecule has 0 aromatic heterocycles. The van der Waals surface area contributed by atoms with E-state index in [9.17, 15) is 13.8 Å². The van der Waals surface area contributed by atoms with E-state index in [4.69, 9.17) is 9.84 Å². The first kappa shape index (κ1) is 17.8. The quantitative estimate of drug-likeness (QED) is 0.668. The lowest BCUT2D eigenvalue weighted by Gasteiger charge is -2.06. The zero-order chi connectivity index (χ0) is 15.8. The molecule has 0 bridgehead atoms. The molecule has 8 heteroatoms. The monoisotopic (exact) mass is 377 g/mol. The lowest BCUT2D eigenvalue weighted by molar-refractivity contribution is -0.118. The van der Waals surface area contributed by atoms with E-state index in [0.717, 1.165) is 0 Å². The highest BCUT2D eigenvalue weighted by atomic mass is 79.9. The van der Waals surface area contributed by atoms with E-state index in [1.54, 1.807) is 7.11 Å². The molecular weight excluding hydrogens is 362 g/mol. The molecule has 0 saturated carbocycles. The molecule has 6 nitrogen and oxygen atoms in total. The van der Waals surface area contributed by atoms with Crippen LogP contribution in [0.3, 0.4) is 0 Å². The van der Waals surface area contributed by atoms with Gasteiger partial charge in [0.05, 0.1) is 16.4 Å². The van der Waals surface area contributed by atoms with E-state index in [1.807, 2.05) is 0 Å². The predicted molar refractivity (Wildman–Crippen MR) is 81.9 cm³/mol. The van der Waals surface area contributed by atoms with Gasteiger partial charge >= 0.3 is 5.97 Å². The lowest BCUT2D eigenvalue weighted by atomic mass is 10.2. The van der Waals surface area contributed by atoms with Crippen molar-refractivity contribution in [2.45, 2.75) is 11.3 Å². The number of halogens is 1. The van der Waals surface area contributed by atoms with Crippen molar-refractivity contribution in [3.8, 4) is 0 Å². The summed E-state index contributed by atoms with van der Waals surface area (Å²) in [7, 11) is -0.00940. The van der Waals surface area contributed by atoms with E-state index < -0.39 is 16.8 Å². The molecule has 0 aliphatic heterocycles. The third kappa shape index (κ3) is 5.94. The highest BCUT2D eigenvalue weighted by molar-refractivity contribution is 9.10. The fraction of sp³-hybridized carbons (Fsp3) is 0.385. The smallest absolute Gasteiger partial charge is 0.336 e. The number of aromatic carboxylic acids is 1. The summed E-state index contributed by atoms with van der Waals surface area (Å²) in [6, 6.07) is 4.35. The molecule has 1 aromatic rings. The highest BCUT2D eigenvalue weighted by Gasteiger charge is 2.14. The van der Waals surface area contributed by atoms with Crippen LogP contribution in [-0.2, 0) is 20.3 Å². The Morgan fingerprint density at radius 1 is 1.43 bits per heavy atom. The minimum Gasteiger partial charge on any atom is -0.478 e. The molecule has 21 heavy (non-hydrogen) atoms. The maximum atomic E-state index is 12.0. The van der Waals surface area contributed by atoms with Gasteiger partial charge in [-0.15, -0.1) is 0 Å². The Hall–Kier alpha value is -1.25. The van der Waals surface area contributed by atoms with Crippen LogP contribution >= 0.6 is 15.9 Å². The van der Waals surface area contributed by atoms with Crippen molar-refractivity contribution in [1.82, 2.24) is 5.32 Å². The van der Waals surface area contributed by atoms with Gasteiger partial charge in [0.15, 0.2) is 0 Å². The molecule has 2 N–H and O–H groups in total.